The van der Waals surface area contributed by atoms with Crippen molar-refractivity contribution in [2.75, 3.05) is 17.2 Å². The molecule has 0 fully saturated rings. The van der Waals surface area contributed by atoms with Crippen LogP contribution in [-0.4, -0.2) is 28.2 Å². The number of halogens is 1. The molecule has 0 saturated carbocycles. The lowest BCUT2D eigenvalue weighted by atomic mass is 10.2. The SMILES string of the molecule is Cc1c(C(=O)Nc2ccc3c(c2)NC(=O)CO3)cnn1-c1ccc(Cl)cc1. The van der Waals surface area contributed by atoms with Gasteiger partial charge in [-0.15, -0.1) is 0 Å². The maximum atomic E-state index is 12.7. The fourth-order valence-corrected chi connectivity index (χ4v) is 2.96. The summed E-state index contributed by atoms with van der Waals surface area (Å²) in [6.45, 7) is 1.80. The van der Waals surface area contributed by atoms with E-state index in [1.165, 1.54) is 6.20 Å². The highest BCUT2D eigenvalue weighted by atomic mass is 35.5. The number of carbonyl (C=O) groups excluding carboxylic acids is 2. The summed E-state index contributed by atoms with van der Waals surface area (Å²) in [5.74, 6) is 0.0427. The smallest absolute Gasteiger partial charge is 0.262 e. The van der Waals surface area contributed by atoms with Crippen LogP contribution in [0.1, 0.15) is 16.1 Å². The number of nitrogens with one attached hydrogen (secondary N) is 2. The molecule has 27 heavy (non-hydrogen) atoms. The topological polar surface area (TPSA) is 85.2 Å². The number of amides is 2. The highest BCUT2D eigenvalue weighted by Gasteiger charge is 2.18. The molecule has 136 valence electrons. The van der Waals surface area contributed by atoms with Gasteiger partial charge < -0.3 is 15.4 Å². The first-order valence-electron chi connectivity index (χ1n) is 8.20. The number of fused-ring (bicyclic) bond motifs is 1. The Balaban J connectivity index is 1.56. The molecule has 2 aromatic carbocycles. The van der Waals surface area contributed by atoms with E-state index in [-0.39, 0.29) is 18.4 Å². The third-order valence-electron chi connectivity index (χ3n) is 4.20. The first-order chi connectivity index (χ1) is 13.0. The average Bonchev–Trinajstić information content (AvgIpc) is 3.03. The summed E-state index contributed by atoms with van der Waals surface area (Å²) >= 11 is 5.92. The number of hydrogen-bond acceptors (Lipinski definition) is 4. The Labute approximate surface area is 159 Å². The number of aromatic nitrogens is 2. The number of anilines is 2. The lowest BCUT2D eigenvalue weighted by Crippen LogP contribution is -2.25. The van der Waals surface area contributed by atoms with Crippen molar-refractivity contribution in [2.45, 2.75) is 6.92 Å². The van der Waals surface area contributed by atoms with Gasteiger partial charge in [0.05, 0.1) is 28.8 Å². The molecule has 7 nitrogen and oxygen atoms in total. The molecule has 1 aliphatic rings. The second-order valence-corrected chi connectivity index (χ2v) is 6.47. The Kier molecular flexibility index (Phi) is 4.29. The van der Waals surface area contributed by atoms with Gasteiger partial charge in [0.15, 0.2) is 6.61 Å². The molecule has 1 aromatic heterocycles. The van der Waals surface area contributed by atoms with Gasteiger partial charge in [-0.2, -0.15) is 5.10 Å². The van der Waals surface area contributed by atoms with Crippen LogP contribution < -0.4 is 15.4 Å². The van der Waals surface area contributed by atoms with E-state index in [0.29, 0.717) is 33.4 Å². The van der Waals surface area contributed by atoms with Gasteiger partial charge in [0.2, 0.25) is 0 Å². The predicted octanol–water partition coefficient (Wildman–Crippen LogP) is 3.42. The van der Waals surface area contributed by atoms with Crippen molar-refractivity contribution in [3.63, 3.8) is 0 Å². The van der Waals surface area contributed by atoms with Crippen molar-refractivity contribution < 1.29 is 14.3 Å². The third kappa shape index (κ3) is 3.37. The quantitative estimate of drug-likeness (QED) is 0.726. The van der Waals surface area contributed by atoms with Gasteiger partial charge >= 0.3 is 0 Å². The molecule has 8 heteroatoms. The van der Waals surface area contributed by atoms with E-state index in [4.69, 9.17) is 16.3 Å². The molecule has 2 amide bonds. The van der Waals surface area contributed by atoms with E-state index < -0.39 is 0 Å². The van der Waals surface area contributed by atoms with E-state index in [2.05, 4.69) is 15.7 Å². The van der Waals surface area contributed by atoms with Crippen molar-refractivity contribution in [3.05, 3.63) is 64.9 Å². The largest absolute Gasteiger partial charge is 0.482 e. The van der Waals surface area contributed by atoms with E-state index in [1.54, 1.807) is 35.0 Å². The van der Waals surface area contributed by atoms with Gasteiger partial charge in [-0.25, -0.2) is 4.68 Å². The summed E-state index contributed by atoms with van der Waals surface area (Å²) in [5.41, 5.74) is 3.03. The Morgan fingerprint density at radius 2 is 2.04 bits per heavy atom. The highest BCUT2D eigenvalue weighted by Crippen LogP contribution is 2.30. The maximum Gasteiger partial charge on any atom is 0.262 e. The minimum Gasteiger partial charge on any atom is -0.482 e. The van der Waals surface area contributed by atoms with Crippen LogP contribution in [0.3, 0.4) is 0 Å². The molecule has 0 atom stereocenters. The van der Waals surface area contributed by atoms with Crippen molar-refractivity contribution in [1.82, 2.24) is 9.78 Å². The lowest BCUT2D eigenvalue weighted by molar-refractivity contribution is -0.118. The van der Waals surface area contributed by atoms with E-state index in [1.807, 2.05) is 19.1 Å². The number of ether oxygens (including phenoxy) is 1. The molecule has 4 rings (SSSR count). The predicted molar refractivity (Wildman–Crippen MR) is 102 cm³/mol. The number of hydrogen-bond donors (Lipinski definition) is 2. The lowest BCUT2D eigenvalue weighted by Gasteiger charge is -2.18. The third-order valence-corrected chi connectivity index (χ3v) is 4.45. The summed E-state index contributed by atoms with van der Waals surface area (Å²) < 4.78 is 6.99. The Morgan fingerprint density at radius 3 is 2.81 bits per heavy atom. The van der Waals surface area contributed by atoms with Gasteiger partial charge in [-0.05, 0) is 49.4 Å². The molecular formula is C19H15ClN4O3. The summed E-state index contributed by atoms with van der Waals surface area (Å²) in [4.78, 5) is 24.1. The van der Waals surface area contributed by atoms with Crippen LogP contribution in [-0.2, 0) is 4.79 Å². The summed E-state index contributed by atoms with van der Waals surface area (Å²) in [7, 11) is 0. The normalized spacial score (nSPS) is 12.7. The number of benzene rings is 2. The molecule has 0 aliphatic carbocycles. The minimum absolute atomic E-state index is 0.0121. The number of rotatable bonds is 3. The van der Waals surface area contributed by atoms with Gasteiger partial charge in [0, 0.05) is 10.7 Å². The van der Waals surface area contributed by atoms with Crippen LogP contribution in [0, 0.1) is 6.92 Å². The molecule has 0 bridgehead atoms. The van der Waals surface area contributed by atoms with E-state index in [0.717, 1.165) is 5.69 Å². The Hall–Kier alpha value is -3.32. The molecule has 0 spiro atoms. The Bertz CT molecular complexity index is 1040. The highest BCUT2D eigenvalue weighted by molar-refractivity contribution is 6.30. The second kappa shape index (κ2) is 6.77. The standard InChI is InChI=1S/C19H15ClN4O3/c1-11-15(9-21-24(11)14-5-2-12(20)3-6-14)19(26)22-13-4-7-17-16(8-13)23-18(25)10-27-17/h2-9H,10H2,1H3,(H,22,26)(H,23,25). The van der Waals surface area contributed by atoms with Crippen molar-refractivity contribution in [2.24, 2.45) is 0 Å². The fourth-order valence-electron chi connectivity index (χ4n) is 2.83. The van der Waals surface area contributed by atoms with Crippen LogP contribution in [0.5, 0.6) is 5.75 Å². The molecule has 1 aliphatic heterocycles. The maximum absolute atomic E-state index is 12.7. The average molecular weight is 383 g/mol. The van der Waals surface area contributed by atoms with Gasteiger partial charge in [-0.1, -0.05) is 11.6 Å². The van der Waals surface area contributed by atoms with Crippen molar-refractivity contribution in [3.8, 4) is 11.4 Å². The number of nitrogens with zero attached hydrogens (tertiary/aromatic N) is 2. The zero-order valence-electron chi connectivity index (χ0n) is 14.3. The van der Waals surface area contributed by atoms with Crippen LogP contribution in [0.25, 0.3) is 5.69 Å². The summed E-state index contributed by atoms with van der Waals surface area (Å²) in [6.07, 6.45) is 1.52. The Morgan fingerprint density at radius 1 is 1.26 bits per heavy atom. The molecule has 2 N–H and O–H groups in total. The number of carbonyl (C=O) groups is 2. The molecular weight excluding hydrogens is 368 g/mol. The first kappa shape index (κ1) is 17.1. The van der Waals surface area contributed by atoms with Crippen LogP contribution in [0.2, 0.25) is 5.02 Å². The molecule has 0 radical (unpaired) electrons. The zero-order valence-corrected chi connectivity index (χ0v) is 15.1. The minimum atomic E-state index is -0.296. The zero-order chi connectivity index (χ0) is 19.0. The van der Waals surface area contributed by atoms with Crippen LogP contribution in [0.4, 0.5) is 11.4 Å². The monoisotopic (exact) mass is 382 g/mol. The second-order valence-electron chi connectivity index (χ2n) is 6.03. The van der Waals surface area contributed by atoms with Crippen molar-refractivity contribution in [1.29, 1.82) is 0 Å². The van der Waals surface area contributed by atoms with E-state index >= 15 is 0 Å². The molecule has 0 unspecified atom stereocenters. The summed E-state index contributed by atoms with van der Waals surface area (Å²) in [5, 5.41) is 10.5. The van der Waals surface area contributed by atoms with Crippen LogP contribution >= 0.6 is 11.6 Å². The molecule has 3 aromatic rings. The molecule has 2 heterocycles. The van der Waals surface area contributed by atoms with Gasteiger partial charge in [0.25, 0.3) is 11.8 Å². The first-order valence-corrected chi connectivity index (χ1v) is 8.58. The molecule has 0 saturated heterocycles. The van der Waals surface area contributed by atoms with E-state index in [9.17, 15) is 9.59 Å². The van der Waals surface area contributed by atoms with Gasteiger partial charge in [0.1, 0.15) is 5.75 Å². The van der Waals surface area contributed by atoms with Crippen LogP contribution in [0.15, 0.2) is 48.7 Å². The summed E-state index contributed by atoms with van der Waals surface area (Å²) in [6, 6.07) is 12.3. The van der Waals surface area contributed by atoms with Gasteiger partial charge in [-0.3, -0.25) is 9.59 Å². The van der Waals surface area contributed by atoms with Crippen molar-refractivity contribution >= 4 is 34.8 Å². The fraction of sp³-hybridized carbons (Fsp3) is 0.105.